The van der Waals surface area contributed by atoms with Crippen LogP contribution < -0.4 is 10.1 Å². The van der Waals surface area contributed by atoms with Gasteiger partial charge in [-0.2, -0.15) is 4.98 Å². The van der Waals surface area contributed by atoms with E-state index >= 15 is 0 Å². The predicted octanol–water partition coefficient (Wildman–Crippen LogP) is 3.67. The number of thioether (sulfide) groups is 1. The highest BCUT2D eigenvalue weighted by Crippen LogP contribution is 2.24. The van der Waals surface area contributed by atoms with Gasteiger partial charge in [-0.05, 0) is 30.9 Å². The van der Waals surface area contributed by atoms with Crippen molar-refractivity contribution in [2.75, 3.05) is 12.9 Å². The lowest BCUT2D eigenvalue weighted by Crippen LogP contribution is -2.41. The number of methoxy groups -OCH3 is 1. The first-order valence-corrected chi connectivity index (χ1v) is 10.2. The van der Waals surface area contributed by atoms with E-state index < -0.39 is 0 Å². The number of ether oxygens (including phenoxy) is 1. The molecule has 0 saturated heterocycles. The van der Waals surface area contributed by atoms with E-state index in [1.165, 1.54) is 31.0 Å². The monoisotopic (exact) mass is 375 g/mol. The van der Waals surface area contributed by atoms with E-state index in [1.54, 1.807) is 7.11 Å². The van der Waals surface area contributed by atoms with Crippen molar-refractivity contribution in [2.45, 2.75) is 44.4 Å². The van der Waals surface area contributed by atoms with Crippen molar-refractivity contribution in [3.63, 3.8) is 0 Å². The van der Waals surface area contributed by atoms with Crippen molar-refractivity contribution in [3.8, 4) is 17.1 Å². The maximum atomic E-state index is 12.1. The Morgan fingerprint density at radius 2 is 2.23 bits per heavy atom. The summed E-state index contributed by atoms with van der Waals surface area (Å²) in [5, 5.41) is 7.17. The minimum atomic E-state index is 0.0845. The first kappa shape index (κ1) is 18.8. The van der Waals surface area contributed by atoms with Gasteiger partial charge < -0.3 is 14.6 Å². The minimum absolute atomic E-state index is 0.0845. The molecule has 1 aliphatic rings. The molecule has 1 heterocycles. The largest absolute Gasteiger partial charge is 0.497 e. The Morgan fingerprint density at radius 1 is 1.38 bits per heavy atom. The molecule has 1 saturated carbocycles. The quantitative estimate of drug-likeness (QED) is 0.795. The van der Waals surface area contributed by atoms with Crippen molar-refractivity contribution in [1.29, 1.82) is 0 Å². The Labute approximate surface area is 158 Å². The number of carbonyl (C=O) groups excluding carboxylic acids is 1. The smallest absolute Gasteiger partial charge is 0.236 e. The van der Waals surface area contributed by atoms with E-state index in [9.17, 15) is 4.79 Å². The molecule has 7 heteroatoms. The van der Waals surface area contributed by atoms with Crippen LogP contribution >= 0.6 is 11.8 Å². The zero-order valence-electron chi connectivity index (χ0n) is 15.2. The van der Waals surface area contributed by atoms with Gasteiger partial charge in [-0.25, -0.2) is 0 Å². The van der Waals surface area contributed by atoms with Gasteiger partial charge in [-0.1, -0.05) is 37.1 Å². The van der Waals surface area contributed by atoms with Gasteiger partial charge in [-0.3, -0.25) is 4.79 Å². The number of rotatable bonds is 7. The van der Waals surface area contributed by atoms with Crippen molar-refractivity contribution < 1.29 is 14.1 Å². The second-order valence-electron chi connectivity index (χ2n) is 6.67. The molecule has 1 aromatic carbocycles. The number of amides is 1. The van der Waals surface area contributed by atoms with Crippen LogP contribution in [0.3, 0.4) is 0 Å². The van der Waals surface area contributed by atoms with Gasteiger partial charge in [0.05, 0.1) is 18.6 Å². The maximum absolute atomic E-state index is 12.1. The summed E-state index contributed by atoms with van der Waals surface area (Å²) in [6.07, 6.45) is 4.77. The molecule has 1 aromatic heterocycles. The highest BCUT2D eigenvalue weighted by molar-refractivity contribution is 7.99. The van der Waals surface area contributed by atoms with Crippen molar-refractivity contribution in [3.05, 3.63) is 30.2 Å². The van der Waals surface area contributed by atoms with Gasteiger partial charge in [0.15, 0.2) is 0 Å². The highest BCUT2D eigenvalue weighted by atomic mass is 32.2. The van der Waals surface area contributed by atoms with Crippen LogP contribution in [-0.4, -0.2) is 35.0 Å². The molecule has 0 bridgehead atoms. The Kier molecular flexibility index (Phi) is 6.55. The lowest BCUT2D eigenvalue weighted by atomic mass is 9.86. The number of aromatic nitrogens is 2. The number of nitrogens with one attached hydrogen (secondary N) is 1. The number of benzene rings is 1. The summed E-state index contributed by atoms with van der Waals surface area (Å²) in [6.45, 7) is 2.22. The third kappa shape index (κ3) is 5.00. The third-order valence-electron chi connectivity index (χ3n) is 4.71. The summed E-state index contributed by atoms with van der Waals surface area (Å²) >= 11 is 1.49. The molecule has 2 atom stereocenters. The van der Waals surface area contributed by atoms with E-state index in [2.05, 4.69) is 22.4 Å². The van der Waals surface area contributed by atoms with Gasteiger partial charge in [0.25, 0.3) is 0 Å². The molecule has 0 spiro atoms. The van der Waals surface area contributed by atoms with Crippen LogP contribution in [0.5, 0.6) is 5.75 Å². The summed E-state index contributed by atoms with van der Waals surface area (Å²) < 4.78 is 10.5. The first-order chi connectivity index (χ1) is 12.7. The summed E-state index contributed by atoms with van der Waals surface area (Å²) in [7, 11) is 1.62. The molecule has 26 heavy (non-hydrogen) atoms. The molecule has 1 amide bonds. The average molecular weight is 375 g/mol. The average Bonchev–Trinajstić information content (AvgIpc) is 3.13. The normalized spacial score (nSPS) is 19.9. The lowest BCUT2D eigenvalue weighted by molar-refractivity contribution is -0.119. The van der Waals surface area contributed by atoms with Gasteiger partial charge in [0.1, 0.15) is 5.75 Å². The minimum Gasteiger partial charge on any atom is -0.497 e. The molecule has 140 valence electrons. The molecular formula is C19H25N3O3S. The van der Waals surface area contributed by atoms with Crippen LogP contribution in [0.4, 0.5) is 0 Å². The van der Waals surface area contributed by atoms with E-state index in [-0.39, 0.29) is 5.91 Å². The summed E-state index contributed by atoms with van der Waals surface area (Å²) in [5.74, 6) is 3.37. The van der Waals surface area contributed by atoms with Crippen LogP contribution in [0.2, 0.25) is 0 Å². The fourth-order valence-electron chi connectivity index (χ4n) is 3.20. The molecule has 1 aliphatic carbocycles. The van der Waals surface area contributed by atoms with Crippen molar-refractivity contribution in [2.24, 2.45) is 5.92 Å². The molecule has 1 fully saturated rings. The van der Waals surface area contributed by atoms with Crippen LogP contribution in [-0.2, 0) is 10.5 Å². The Bertz CT molecular complexity index is 734. The number of nitrogens with zero attached hydrogens (tertiary/aromatic N) is 2. The van der Waals surface area contributed by atoms with Gasteiger partial charge >= 0.3 is 0 Å². The van der Waals surface area contributed by atoms with Crippen LogP contribution in [0.1, 0.15) is 38.5 Å². The second-order valence-corrected chi connectivity index (χ2v) is 7.66. The molecule has 6 nitrogen and oxygen atoms in total. The maximum Gasteiger partial charge on any atom is 0.236 e. The van der Waals surface area contributed by atoms with Crippen LogP contribution in [0.15, 0.2) is 28.8 Å². The lowest BCUT2D eigenvalue weighted by Gasteiger charge is -2.29. The molecular weight excluding hydrogens is 350 g/mol. The standard InChI is InChI=1S/C19H25N3O3S/c1-13-6-3-4-9-16(13)20-17(23)11-26-12-18-21-19(22-25-18)14-7-5-8-15(10-14)24-2/h5,7-8,10,13,16H,3-4,6,9,11-12H2,1-2H3,(H,20,23)/t13-,16-/m0/s1. The summed E-state index contributed by atoms with van der Waals surface area (Å²) in [5.41, 5.74) is 0.841. The van der Waals surface area contributed by atoms with Crippen LogP contribution in [0, 0.1) is 5.92 Å². The molecule has 0 aliphatic heterocycles. The topological polar surface area (TPSA) is 77.2 Å². The van der Waals surface area contributed by atoms with Crippen molar-refractivity contribution >= 4 is 17.7 Å². The fourth-order valence-corrected chi connectivity index (χ4v) is 3.87. The Hall–Kier alpha value is -2.02. The zero-order valence-corrected chi connectivity index (χ0v) is 16.1. The van der Waals surface area contributed by atoms with Gasteiger partial charge in [0, 0.05) is 11.6 Å². The summed E-state index contributed by atoms with van der Waals surface area (Å²) in [4.78, 5) is 16.5. The van der Waals surface area contributed by atoms with E-state index in [1.807, 2.05) is 24.3 Å². The van der Waals surface area contributed by atoms with Gasteiger partial charge in [0.2, 0.25) is 17.6 Å². The Morgan fingerprint density at radius 3 is 3.04 bits per heavy atom. The second kappa shape index (κ2) is 9.07. The van der Waals surface area contributed by atoms with E-state index in [0.717, 1.165) is 17.7 Å². The molecule has 3 rings (SSSR count). The summed E-state index contributed by atoms with van der Waals surface area (Å²) in [6, 6.07) is 7.84. The SMILES string of the molecule is COc1cccc(-c2noc(CSCC(=O)N[C@H]3CCCC[C@@H]3C)n2)c1. The van der Waals surface area contributed by atoms with E-state index in [0.29, 0.717) is 35.2 Å². The number of carbonyl (C=O) groups is 1. The van der Waals surface area contributed by atoms with Crippen LogP contribution in [0.25, 0.3) is 11.4 Å². The molecule has 1 N–H and O–H groups in total. The molecule has 2 aromatic rings. The molecule has 0 unspecified atom stereocenters. The van der Waals surface area contributed by atoms with E-state index in [4.69, 9.17) is 9.26 Å². The fraction of sp³-hybridized carbons (Fsp3) is 0.526. The van der Waals surface area contributed by atoms with Gasteiger partial charge in [-0.15, -0.1) is 11.8 Å². The third-order valence-corrected chi connectivity index (χ3v) is 5.63. The highest BCUT2D eigenvalue weighted by Gasteiger charge is 2.22. The predicted molar refractivity (Wildman–Crippen MR) is 102 cm³/mol. The molecule has 0 radical (unpaired) electrons. The zero-order chi connectivity index (χ0) is 18.4. The Balaban J connectivity index is 1.46. The number of hydrogen-bond donors (Lipinski definition) is 1. The van der Waals surface area contributed by atoms with Crippen molar-refractivity contribution in [1.82, 2.24) is 15.5 Å². The first-order valence-electron chi connectivity index (χ1n) is 9.00. The number of hydrogen-bond acceptors (Lipinski definition) is 6.